The van der Waals surface area contributed by atoms with E-state index < -0.39 is 16.1 Å². The topological polar surface area (TPSA) is 18.5 Å². The smallest absolute Gasteiger partial charge is 0.169 e. The third kappa shape index (κ3) is 12.0. The van der Waals surface area contributed by atoms with Crippen LogP contribution in [0, 0.1) is 22.9 Å². The SMILES string of the molecule is CCCCCCCCOc1c(OCCCCCCCC)c2ccc(C#C[Si](C)(C)C)cc2c2cc(C#C[Si](C)(C)C)ccc12. The Hall–Kier alpha value is -2.67. The molecule has 0 aliphatic carbocycles. The van der Waals surface area contributed by atoms with Gasteiger partial charge in [-0.1, -0.05) is 129 Å². The first-order valence-electron chi connectivity index (χ1n) is 17.4. The third-order valence-electron chi connectivity index (χ3n) is 7.68. The summed E-state index contributed by atoms with van der Waals surface area (Å²) in [6.07, 6.45) is 14.9. The first-order chi connectivity index (χ1) is 21.0. The summed E-state index contributed by atoms with van der Waals surface area (Å²) < 4.78 is 13.4. The van der Waals surface area contributed by atoms with Crippen LogP contribution in [0.15, 0.2) is 36.4 Å². The summed E-state index contributed by atoms with van der Waals surface area (Å²) >= 11 is 0. The fourth-order valence-corrected chi connectivity index (χ4v) is 6.29. The van der Waals surface area contributed by atoms with E-state index in [1.807, 2.05) is 0 Å². The van der Waals surface area contributed by atoms with Gasteiger partial charge in [0.15, 0.2) is 11.5 Å². The van der Waals surface area contributed by atoms with E-state index in [1.54, 1.807) is 0 Å². The van der Waals surface area contributed by atoms with E-state index in [-0.39, 0.29) is 0 Å². The lowest BCUT2D eigenvalue weighted by Gasteiger charge is -2.19. The number of benzene rings is 3. The fourth-order valence-electron chi connectivity index (χ4n) is 5.25. The van der Waals surface area contributed by atoms with Gasteiger partial charge in [0.2, 0.25) is 0 Å². The summed E-state index contributed by atoms with van der Waals surface area (Å²) in [6.45, 7) is 19.7. The second-order valence-corrected chi connectivity index (χ2v) is 23.9. The Kier molecular flexibility index (Phi) is 14.4. The lowest BCUT2D eigenvalue weighted by molar-refractivity contribution is 0.263. The highest BCUT2D eigenvalue weighted by Gasteiger charge is 2.19. The highest BCUT2D eigenvalue weighted by atomic mass is 28.3. The van der Waals surface area contributed by atoms with E-state index in [2.05, 4.69) is 112 Å². The molecule has 4 heteroatoms. The van der Waals surface area contributed by atoms with Crippen LogP contribution in [-0.2, 0) is 0 Å². The molecule has 0 fully saturated rings. The van der Waals surface area contributed by atoms with Gasteiger partial charge in [0.1, 0.15) is 16.1 Å². The van der Waals surface area contributed by atoms with Gasteiger partial charge < -0.3 is 9.47 Å². The Bertz CT molecular complexity index is 1360. The summed E-state index contributed by atoms with van der Waals surface area (Å²) in [5, 5.41) is 4.55. The molecule has 0 atom stereocenters. The maximum absolute atomic E-state index is 6.68. The molecule has 3 aromatic carbocycles. The Balaban J connectivity index is 2.09. The number of hydrogen-bond donors (Lipinski definition) is 0. The second-order valence-electron chi connectivity index (χ2n) is 14.4. The van der Waals surface area contributed by atoms with Crippen molar-refractivity contribution in [3.8, 4) is 34.4 Å². The van der Waals surface area contributed by atoms with Gasteiger partial charge in [-0.05, 0) is 60.0 Å². The standard InChI is InChI=1S/C40H58O2Si2/c1-9-11-13-15-17-19-27-41-39-35-23-21-33(25-29-43(3,4)5)31-37(35)38-32-34(26-30-44(6,7)8)22-24-36(38)40(39)42-28-20-18-16-14-12-10-2/h21-24,31-32H,9-20,27-28H2,1-8H3. The molecular formula is C40H58O2Si2. The van der Waals surface area contributed by atoms with Gasteiger partial charge in [-0.3, -0.25) is 0 Å². The predicted molar refractivity (Wildman–Crippen MR) is 200 cm³/mol. The number of ether oxygens (including phenoxy) is 2. The molecule has 0 bridgehead atoms. The van der Waals surface area contributed by atoms with E-state index in [4.69, 9.17) is 9.47 Å². The third-order valence-corrected chi connectivity index (χ3v) is 9.43. The van der Waals surface area contributed by atoms with E-state index in [9.17, 15) is 0 Å². The number of rotatable bonds is 16. The average Bonchev–Trinajstić information content (AvgIpc) is 2.98. The van der Waals surface area contributed by atoms with Gasteiger partial charge in [-0.2, -0.15) is 0 Å². The maximum Gasteiger partial charge on any atom is 0.169 e. The highest BCUT2D eigenvalue weighted by Crippen LogP contribution is 2.44. The number of fused-ring (bicyclic) bond motifs is 3. The van der Waals surface area contributed by atoms with Gasteiger partial charge in [-0.25, -0.2) is 0 Å². The monoisotopic (exact) mass is 626 g/mol. The molecule has 0 unspecified atom stereocenters. The zero-order chi connectivity index (χ0) is 32.0. The molecule has 0 heterocycles. The molecule has 3 rings (SSSR count). The molecule has 2 nitrogen and oxygen atoms in total. The lowest BCUT2D eigenvalue weighted by atomic mass is 9.96. The van der Waals surface area contributed by atoms with Crippen LogP contribution < -0.4 is 9.47 Å². The van der Waals surface area contributed by atoms with Gasteiger partial charge in [0, 0.05) is 21.9 Å². The number of hydrogen-bond acceptors (Lipinski definition) is 2. The fraction of sp³-hybridized carbons (Fsp3) is 0.550. The van der Waals surface area contributed by atoms with Crippen LogP contribution in [0.1, 0.15) is 102 Å². The average molecular weight is 627 g/mol. The molecule has 0 aliphatic rings. The summed E-state index contributed by atoms with van der Waals surface area (Å²) in [4.78, 5) is 0. The lowest BCUT2D eigenvalue weighted by Crippen LogP contribution is -2.16. The van der Waals surface area contributed by atoms with Crippen molar-refractivity contribution in [3.05, 3.63) is 47.5 Å². The van der Waals surface area contributed by atoms with E-state index in [0.717, 1.165) is 46.2 Å². The zero-order valence-corrected chi connectivity index (χ0v) is 31.2. The first-order valence-corrected chi connectivity index (χ1v) is 24.4. The van der Waals surface area contributed by atoms with Crippen molar-refractivity contribution >= 4 is 37.7 Å². The molecule has 0 saturated carbocycles. The zero-order valence-electron chi connectivity index (χ0n) is 29.2. The van der Waals surface area contributed by atoms with Crippen LogP contribution in [0.4, 0.5) is 0 Å². The molecular weight excluding hydrogens is 569 g/mol. The molecule has 0 spiro atoms. The first kappa shape index (κ1) is 35.8. The van der Waals surface area contributed by atoms with Crippen molar-refractivity contribution in [1.29, 1.82) is 0 Å². The van der Waals surface area contributed by atoms with Crippen LogP contribution in [0.3, 0.4) is 0 Å². The molecule has 0 N–H and O–H groups in total. The highest BCUT2D eigenvalue weighted by molar-refractivity contribution is 6.84. The normalized spacial score (nSPS) is 11.6. The van der Waals surface area contributed by atoms with Crippen LogP contribution >= 0.6 is 0 Å². The molecule has 0 aromatic heterocycles. The van der Waals surface area contributed by atoms with Crippen molar-refractivity contribution in [3.63, 3.8) is 0 Å². The maximum atomic E-state index is 6.68. The molecule has 44 heavy (non-hydrogen) atoms. The Morgan fingerprint density at radius 3 is 1.20 bits per heavy atom. The van der Waals surface area contributed by atoms with Crippen molar-refractivity contribution in [2.45, 2.75) is 130 Å². The van der Waals surface area contributed by atoms with Crippen molar-refractivity contribution in [2.24, 2.45) is 0 Å². The largest absolute Gasteiger partial charge is 0.489 e. The van der Waals surface area contributed by atoms with Crippen LogP contribution in [-0.4, -0.2) is 29.4 Å². The quantitative estimate of drug-likeness (QED) is 0.0681. The van der Waals surface area contributed by atoms with Crippen molar-refractivity contribution in [1.82, 2.24) is 0 Å². The van der Waals surface area contributed by atoms with Gasteiger partial charge in [-0.15, -0.1) is 11.1 Å². The second kappa shape index (κ2) is 17.7. The molecule has 0 saturated heterocycles. The summed E-state index contributed by atoms with van der Waals surface area (Å²) in [5.41, 5.74) is 9.23. The van der Waals surface area contributed by atoms with E-state index >= 15 is 0 Å². The minimum Gasteiger partial charge on any atom is -0.489 e. The minimum absolute atomic E-state index is 0.705. The summed E-state index contributed by atoms with van der Waals surface area (Å²) in [5.74, 6) is 8.76. The molecule has 238 valence electrons. The Morgan fingerprint density at radius 2 is 0.841 bits per heavy atom. The van der Waals surface area contributed by atoms with Crippen molar-refractivity contribution in [2.75, 3.05) is 13.2 Å². The minimum atomic E-state index is -1.50. The molecule has 3 aromatic rings. The van der Waals surface area contributed by atoms with Gasteiger partial charge in [0.05, 0.1) is 13.2 Å². The summed E-state index contributed by atoms with van der Waals surface area (Å²) in [6, 6.07) is 13.2. The van der Waals surface area contributed by atoms with Crippen LogP contribution in [0.5, 0.6) is 11.5 Å². The van der Waals surface area contributed by atoms with Gasteiger partial charge >= 0.3 is 0 Å². The van der Waals surface area contributed by atoms with Crippen LogP contribution in [0.25, 0.3) is 21.5 Å². The molecule has 0 amide bonds. The molecule has 0 radical (unpaired) electrons. The predicted octanol–water partition coefficient (Wildman–Crippen LogP) is 11.9. The Morgan fingerprint density at radius 1 is 0.477 bits per heavy atom. The van der Waals surface area contributed by atoms with Crippen LogP contribution in [0.2, 0.25) is 39.3 Å². The van der Waals surface area contributed by atoms with Gasteiger partial charge in [0.25, 0.3) is 0 Å². The Labute approximate surface area is 271 Å². The van der Waals surface area contributed by atoms with E-state index in [1.165, 1.54) is 75.0 Å². The van der Waals surface area contributed by atoms with Crippen molar-refractivity contribution < 1.29 is 9.47 Å². The number of unbranched alkanes of at least 4 members (excludes halogenated alkanes) is 10. The van der Waals surface area contributed by atoms with E-state index in [0.29, 0.717) is 13.2 Å². The molecule has 0 aliphatic heterocycles. The summed E-state index contributed by atoms with van der Waals surface area (Å²) in [7, 11) is -3.01.